The molecule has 6 heteroatoms. The van der Waals surface area contributed by atoms with E-state index in [2.05, 4.69) is 19.3 Å². The maximum atomic E-state index is 11.6. The molecule has 0 spiro atoms. The van der Waals surface area contributed by atoms with Crippen LogP contribution in [0.4, 0.5) is 0 Å². The van der Waals surface area contributed by atoms with Gasteiger partial charge in [-0.2, -0.15) is 0 Å². The van der Waals surface area contributed by atoms with Gasteiger partial charge in [0.2, 0.25) is 0 Å². The Morgan fingerprint density at radius 2 is 2.20 bits per heavy atom. The predicted octanol–water partition coefficient (Wildman–Crippen LogP) is 1.79. The topological polar surface area (TPSA) is 50.6 Å². The molecule has 1 fully saturated rings. The van der Waals surface area contributed by atoms with Crippen molar-refractivity contribution in [2.75, 3.05) is 7.11 Å². The number of aliphatic hydroxyl groups is 1. The molecule has 1 aliphatic rings. The number of halogens is 1. The molecule has 106 valence electrons. The van der Waals surface area contributed by atoms with Gasteiger partial charge < -0.3 is 0 Å². The molecule has 1 N–H and O–H groups in total. The van der Waals surface area contributed by atoms with Crippen LogP contribution in [0.1, 0.15) is 40.5 Å². The number of hydrogen-bond acceptors (Lipinski definition) is 3. The third-order valence-corrected chi connectivity index (χ3v) is 7.89. The first kappa shape index (κ1) is 14.3. The van der Waals surface area contributed by atoms with Crippen LogP contribution in [-0.2, 0) is 10.3 Å². The summed E-state index contributed by atoms with van der Waals surface area (Å²) in [7, 11) is 1.38. The molecule has 3 rings (SSSR count). The summed E-state index contributed by atoms with van der Waals surface area (Å²) in [6, 6.07) is 3.59. The Balaban J connectivity index is 2.13. The van der Waals surface area contributed by atoms with Crippen LogP contribution in [0.15, 0.2) is 22.8 Å². The predicted molar refractivity (Wildman–Crippen MR) is 77.9 cm³/mol. The molecule has 0 aromatic carbocycles. The Labute approximate surface area is 131 Å². The summed E-state index contributed by atoms with van der Waals surface area (Å²) in [5, 5.41) is 10.8. The molecular weight excluding hydrogens is 389 g/mol. The molecule has 0 bridgehead atoms. The van der Waals surface area contributed by atoms with E-state index in [1.807, 2.05) is 12.3 Å². The van der Waals surface area contributed by atoms with Crippen LogP contribution in [0, 0.1) is 0 Å². The van der Waals surface area contributed by atoms with Crippen LogP contribution < -0.4 is 3.40 Å². The first-order valence-corrected chi connectivity index (χ1v) is 8.92. The number of pyridine rings is 1. The van der Waals surface area contributed by atoms with Crippen LogP contribution in [0.2, 0.25) is 0 Å². The van der Waals surface area contributed by atoms with Gasteiger partial charge in [0.15, 0.2) is 0 Å². The quantitative estimate of drug-likeness (QED) is 0.614. The fraction of sp³-hybridized carbons (Fsp3) is 0.429. The van der Waals surface area contributed by atoms with Gasteiger partial charge in [-0.25, -0.2) is 0 Å². The summed E-state index contributed by atoms with van der Waals surface area (Å²) in [5.74, 6) is -0.339. The van der Waals surface area contributed by atoms with Crippen molar-refractivity contribution < 1.29 is 18.0 Å². The van der Waals surface area contributed by atoms with E-state index in [9.17, 15) is 9.90 Å². The summed E-state index contributed by atoms with van der Waals surface area (Å²) >= 11 is 3.66. The van der Waals surface area contributed by atoms with Gasteiger partial charge in [0, 0.05) is 0 Å². The van der Waals surface area contributed by atoms with Crippen molar-refractivity contribution >= 4 is 42.1 Å². The molecule has 0 amide bonds. The number of aromatic nitrogens is 1. The average Bonchev–Trinajstić information content (AvgIpc) is 3.03. The third kappa shape index (κ3) is 2.25. The van der Waals surface area contributed by atoms with Gasteiger partial charge in [-0.3, -0.25) is 0 Å². The summed E-state index contributed by atoms with van der Waals surface area (Å²) < 4.78 is 8.89. The second kappa shape index (κ2) is 5.26. The third-order valence-electron chi connectivity index (χ3n) is 3.81. The number of fused-ring (bicyclic) bond motifs is 1. The molecule has 0 saturated heterocycles. The summed E-state index contributed by atoms with van der Waals surface area (Å²) in [6.45, 7) is 0. The molecular formula is C14H15BrNO3Se+. The number of rotatable bonds is 2. The van der Waals surface area contributed by atoms with E-state index in [1.54, 1.807) is 6.07 Å². The van der Waals surface area contributed by atoms with Gasteiger partial charge in [-0.1, -0.05) is 0 Å². The first-order chi connectivity index (χ1) is 9.55. The number of carbonyl (C=O) groups excluding carboxylic acids is 1. The van der Waals surface area contributed by atoms with Crippen LogP contribution in [0.5, 0.6) is 0 Å². The molecule has 2 aromatic rings. The van der Waals surface area contributed by atoms with E-state index in [4.69, 9.17) is 4.74 Å². The van der Waals surface area contributed by atoms with Crippen molar-refractivity contribution in [3.63, 3.8) is 0 Å². The number of nitrogens with zero attached hydrogens (tertiary/aromatic N) is 1. The van der Waals surface area contributed by atoms with Crippen molar-refractivity contribution in [1.82, 2.24) is 0 Å². The molecule has 0 atom stereocenters. The van der Waals surface area contributed by atoms with Crippen LogP contribution >= 0.6 is 15.9 Å². The van der Waals surface area contributed by atoms with E-state index < -0.39 is 5.60 Å². The zero-order chi connectivity index (χ0) is 14.3. The molecule has 1 aliphatic carbocycles. The number of ether oxygens (including phenoxy) is 1. The van der Waals surface area contributed by atoms with Crippen molar-refractivity contribution in [2.24, 2.45) is 0 Å². The Morgan fingerprint density at radius 1 is 1.50 bits per heavy atom. The number of esters is 1. The maximum absolute atomic E-state index is 11.6. The standard InChI is InChI=1S/C14H15BrNO3Se/c1-19-13(17)9-4-7-16-10(8-9)11(15)12(20-16)14(18)5-2-3-6-14/h4,7-8,18H,2-3,5-6H2,1H3/q+1. The summed E-state index contributed by atoms with van der Waals surface area (Å²) in [6.07, 6.45) is 5.71. The van der Waals surface area contributed by atoms with Crippen LogP contribution in [0.3, 0.4) is 0 Å². The van der Waals surface area contributed by atoms with E-state index in [1.165, 1.54) is 7.11 Å². The molecule has 20 heavy (non-hydrogen) atoms. The Bertz CT molecular complexity index is 676. The molecule has 0 radical (unpaired) electrons. The van der Waals surface area contributed by atoms with Crippen molar-refractivity contribution in [3.05, 3.63) is 32.8 Å². The fourth-order valence-electron chi connectivity index (χ4n) is 2.70. The van der Waals surface area contributed by atoms with Crippen molar-refractivity contribution in [1.29, 1.82) is 0 Å². The van der Waals surface area contributed by atoms with Gasteiger partial charge in [-0.15, -0.1) is 0 Å². The minimum absolute atomic E-state index is 0.0436. The second-order valence-electron chi connectivity index (χ2n) is 5.09. The van der Waals surface area contributed by atoms with Crippen molar-refractivity contribution in [2.45, 2.75) is 31.3 Å². The van der Waals surface area contributed by atoms with E-state index in [0.717, 1.165) is 40.1 Å². The fourth-order valence-corrected chi connectivity index (χ4v) is 6.37. The normalized spacial score (nSPS) is 17.6. The Kier molecular flexibility index (Phi) is 3.75. The van der Waals surface area contributed by atoms with Gasteiger partial charge in [-0.05, 0) is 0 Å². The van der Waals surface area contributed by atoms with Gasteiger partial charge in [0.25, 0.3) is 0 Å². The van der Waals surface area contributed by atoms with Gasteiger partial charge in [0.05, 0.1) is 0 Å². The molecule has 2 heterocycles. The van der Waals surface area contributed by atoms with Crippen LogP contribution in [-0.4, -0.2) is 32.9 Å². The SMILES string of the molecule is COC(=O)c1cc[n+]2[se]c(C3(O)CCCC3)c(Br)c2c1. The summed E-state index contributed by atoms with van der Waals surface area (Å²) in [5.41, 5.74) is 0.811. The summed E-state index contributed by atoms with van der Waals surface area (Å²) in [4.78, 5) is 11.6. The number of hydrogen-bond donors (Lipinski definition) is 1. The van der Waals surface area contributed by atoms with E-state index in [-0.39, 0.29) is 20.7 Å². The zero-order valence-corrected chi connectivity index (χ0v) is 14.4. The van der Waals surface area contributed by atoms with Gasteiger partial charge >= 0.3 is 131 Å². The minimum atomic E-state index is -0.670. The van der Waals surface area contributed by atoms with Crippen molar-refractivity contribution in [3.8, 4) is 0 Å². The first-order valence-electron chi connectivity index (χ1n) is 6.50. The second-order valence-corrected chi connectivity index (χ2v) is 7.95. The monoisotopic (exact) mass is 404 g/mol. The van der Waals surface area contributed by atoms with Gasteiger partial charge in [0.1, 0.15) is 0 Å². The molecule has 2 aromatic heterocycles. The molecule has 0 unspecified atom stereocenters. The number of methoxy groups -OCH3 is 1. The Morgan fingerprint density at radius 3 is 2.85 bits per heavy atom. The van der Waals surface area contributed by atoms with Crippen LogP contribution in [0.25, 0.3) is 5.52 Å². The molecule has 0 aliphatic heterocycles. The zero-order valence-electron chi connectivity index (χ0n) is 11.1. The van der Waals surface area contributed by atoms with E-state index in [0.29, 0.717) is 5.56 Å². The van der Waals surface area contributed by atoms with E-state index >= 15 is 0 Å². The number of carbonyl (C=O) groups is 1. The molecule has 4 nitrogen and oxygen atoms in total. The Hall–Kier alpha value is -0.681. The molecule has 1 saturated carbocycles. The average molecular weight is 404 g/mol.